The molecule has 758 valence electrons. The molecule has 0 aliphatic carbocycles. The van der Waals surface area contributed by atoms with Gasteiger partial charge in [0, 0.05) is 130 Å². The van der Waals surface area contributed by atoms with Gasteiger partial charge in [0.15, 0.2) is 8.07 Å². The summed E-state index contributed by atoms with van der Waals surface area (Å²) in [7, 11) is -19.9. The molecule has 0 bridgehead atoms. The van der Waals surface area contributed by atoms with E-state index in [1.54, 1.807) is 64.0 Å². The van der Waals surface area contributed by atoms with Crippen LogP contribution in [0.4, 0.5) is 0 Å². The Kier molecular flexibility index (Phi) is 59.9. The minimum absolute atomic E-state index is 0.0750. The first kappa shape index (κ1) is 127. The fraction of sp³-hybridized carbons (Fsp3) is 0.440. The molecule has 0 saturated carbocycles. The zero-order chi connectivity index (χ0) is 102. The van der Waals surface area contributed by atoms with Crippen molar-refractivity contribution in [3.05, 3.63) is 296 Å². The molecule has 5 unspecified atom stereocenters. The van der Waals surface area contributed by atoms with Crippen LogP contribution >= 0.6 is 0 Å². The summed E-state index contributed by atoms with van der Waals surface area (Å²) in [6, 6.07) is 63.7. The Morgan fingerprint density at radius 3 is 0.676 bits per heavy atom. The van der Waals surface area contributed by atoms with E-state index in [9.17, 15) is 10.2 Å². The van der Waals surface area contributed by atoms with Crippen LogP contribution in [0.1, 0.15) is 69.2 Å². The largest absolute Gasteiger partial charge is 0.528 e. The van der Waals surface area contributed by atoms with Gasteiger partial charge in [-0.25, -0.2) is 0 Å². The average molecular weight is 2130 g/mol. The average Bonchev–Trinajstić information content (AvgIpc) is 0.770. The lowest BCUT2D eigenvalue weighted by molar-refractivity contribution is 0.100. The monoisotopic (exact) mass is 2130 g/mol. The van der Waals surface area contributed by atoms with E-state index >= 15 is 0 Å². The van der Waals surface area contributed by atoms with Gasteiger partial charge in [-0.15, -0.1) is 0 Å². The van der Waals surface area contributed by atoms with E-state index in [0.29, 0.717) is 52.9 Å². The Morgan fingerprint density at radius 2 is 0.426 bits per heavy atom. The molecule has 36 heteroatoms. The van der Waals surface area contributed by atoms with Crippen LogP contribution in [0.2, 0.25) is 85.1 Å². The lowest BCUT2D eigenvalue weighted by Crippen LogP contribution is -2.57. The summed E-state index contributed by atoms with van der Waals surface area (Å²) in [5, 5.41) is 27.2. The summed E-state index contributed by atoms with van der Waals surface area (Å²) in [5.74, 6) is 0. The summed E-state index contributed by atoms with van der Waals surface area (Å²) < 4.78 is 110. The Labute approximate surface area is 837 Å². The molecular formula is C100H172O21Si15. The molecule has 6 aromatic rings. The Balaban J connectivity index is 0.000000577. The number of hydrogen-bond donors (Lipinski definition) is 2. The third-order valence-corrected chi connectivity index (χ3v) is 67.3. The summed E-state index contributed by atoms with van der Waals surface area (Å²) in [5.41, 5.74) is 44.5. The normalized spacial score (nSPS) is 15.5. The maximum atomic E-state index is 9.72. The van der Waals surface area contributed by atoms with Gasteiger partial charge in [0.05, 0.1) is 12.5 Å². The van der Waals surface area contributed by atoms with Crippen LogP contribution in [-0.2, 0) is 84.1 Å². The second-order valence-electron chi connectivity index (χ2n) is 34.6. The first-order chi connectivity index (χ1) is 64.5. The number of aliphatic hydroxyl groups excluding tert-OH is 2. The van der Waals surface area contributed by atoms with Crippen LogP contribution in [0.5, 0.6) is 0 Å². The second-order valence-corrected chi connectivity index (χ2v) is 85.1. The van der Waals surface area contributed by atoms with Gasteiger partial charge in [0.2, 0.25) is 25.0 Å². The fourth-order valence-corrected chi connectivity index (χ4v) is 57.9. The van der Waals surface area contributed by atoms with Crippen molar-refractivity contribution in [1.29, 1.82) is 0 Å². The van der Waals surface area contributed by atoms with Gasteiger partial charge >= 0.3 is 60.4 Å². The first-order valence-electron chi connectivity index (χ1n) is 47.4. The Morgan fingerprint density at radius 1 is 0.199 bits per heavy atom. The second kappa shape index (κ2) is 64.0. The molecule has 0 aliphatic heterocycles. The molecule has 6 aromatic carbocycles. The predicted molar refractivity (Wildman–Crippen MR) is 604 cm³/mol. The summed E-state index contributed by atoms with van der Waals surface area (Å²) in [6.45, 7) is 55.3. The number of benzene rings is 6. The first-order valence-corrected chi connectivity index (χ1v) is 84.1. The molecule has 2 N–H and O–H groups in total. The summed E-state index contributed by atoms with van der Waals surface area (Å²) >= 11 is 0. The summed E-state index contributed by atoms with van der Waals surface area (Å²) in [4.78, 5) is 0. The molecule has 6 rings (SSSR count). The molecule has 5 atom stereocenters. The van der Waals surface area contributed by atoms with E-state index in [0.717, 1.165) is 13.2 Å². The molecule has 0 amide bonds. The van der Waals surface area contributed by atoms with Crippen molar-refractivity contribution in [3.63, 3.8) is 0 Å². The molecule has 21 nitrogen and oxygen atoms in total. The van der Waals surface area contributed by atoms with Crippen molar-refractivity contribution in [1.82, 2.24) is 0 Å². The van der Waals surface area contributed by atoms with Gasteiger partial charge in [0.1, 0.15) is 32.3 Å². The minimum atomic E-state index is -2.85. The zero-order valence-corrected chi connectivity index (χ0v) is 104. The zero-order valence-electron chi connectivity index (χ0n) is 88.5. The minimum Gasteiger partial charge on any atom is -0.414 e. The number of rotatable bonds is 57. The van der Waals surface area contributed by atoms with Crippen LogP contribution in [0.25, 0.3) is 0 Å². The van der Waals surface area contributed by atoms with Gasteiger partial charge in [0.25, 0.3) is 0 Å². The van der Waals surface area contributed by atoms with Gasteiger partial charge in [-0.3, -0.25) is 0 Å². The molecule has 0 spiro atoms. The van der Waals surface area contributed by atoms with Gasteiger partial charge in [-0.1, -0.05) is 303 Å². The van der Waals surface area contributed by atoms with Gasteiger partial charge < -0.3 is 94.3 Å². The van der Waals surface area contributed by atoms with Crippen molar-refractivity contribution in [3.8, 4) is 0 Å². The highest BCUT2D eigenvalue weighted by molar-refractivity contribution is 7.10. The SMILES string of the molecule is CCO[Si](C)(C)C=C[Si](C)(C=C[Si](C)(OCC)OCC)c1ccccc1.CCO[Si](C)(C)C=C[Si](C=C[Si](C)(OCC)OCC)(c1ccccc1)c1ccccc1.CCO[Si](C)(C=C[Si](C)(C=C[Si](OC)(OCC)OCC)c1ccccc1)OCC.CO[Si](C)(C=C[Si](C)(C=C[Si](C)(OC)OC)c1ccccc1)CO.CO[Si](C=C[Si](C)(C=C[Si](OC)(OC)OC)c1ccccc1)(CO)OC. The van der Waals surface area contributed by atoms with Crippen molar-refractivity contribution in [2.75, 3.05) is 143 Å². The molecular weight excluding hydrogens is 1960 g/mol. The van der Waals surface area contributed by atoms with E-state index in [4.69, 9.17) is 84.1 Å². The quantitative estimate of drug-likeness (QED) is 0.0339. The van der Waals surface area contributed by atoms with Crippen LogP contribution in [-0.4, -0.2) is 278 Å². The molecule has 0 radical (unpaired) electrons. The molecule has 0 heterocycles. The highest BCUT2D eigenvalue weighted by atomic mass is 28.4. The van der Waals surface area contributed by atoms with E-state index in [-0.39, 0.29) is 12.5 Å². The van der Waals surface area contributed by atoms with Crippen molar-refractivity contribution in [2.45, 2.75) is 154 Å². The smallest absolute Gasteiger partial charge is 0.414 e. The highest BCUT2D eigenvalue weighted by Crippen LogP contribution is 2.25. The van der Waals surface area contributed by atoms with Crippen molar-refractivity contribution >= 4 is 157 Å². The number of aliphatic hydroxyl groups is 2. The van der Waals surface area contributed by atoms with Gasteiger partial charge in [-0.05, 0) is 178 Å². The third kappa shape index (κ3) is 43.0. The summed E-state index contributed by atoms with van der Waals surface area (Å²) in [6.07, 6.45) is -0.0715. The molecule has 0 saturated heterocycles. The fourth-order valence-electron chi connectivity index (χ4n) is 14.3. The topological polar surface area (TPSA) is 216 Å². The van der Waals surface area contributed by atoms with E-state index in [1.807, 2.05) is 116 Å². The number of hydrogen-bond acceptors (Lipinski definition) is 21. The van der Waals surface area contributed by atoms with Crippen LogP contribution in [0.3, 0.4) is 0 Å². The van der Waals surface area contributed by atoms with E-state index < -0.39 is 126 Å². The molecule has 0 aromatic heterocycles. The van der Waals surface area contributed by atoms with E-state index in [2.05, 4.69) is 334 Å². The van der Waals surface area contributed by atoms with Crippen LogP contribution in [0, 0.1) is 0 Å². The van der Waals surface area contributed by atoms with Crippen molar-refractivity contribution in [2.24, 2.45) is 0 Å². The predicted octanol–water partition coefficient (Wildman–Crippen LogP) is 17.3. The lowest BCUT2D eigenvalue weighted by Gasteiger charge is -2.30. The Hall–Kier alpha value is -4.87. The molecule has 0 fully saturated rings. The molecule has 136 heavy (non-hydrogen) atoms. The highest BCUT2D eigenvalue weighted by Gasteiger charge is 2.43. The van der Waals surface area contributed by atoms with E-state index in [1.165, 1.54) is 31.1 Å². The maximum absolute atomic E-state index is 9.72. The molecule has 0 aliphatic rings. The van der Waals surface area contributed by atoms with Gasteiger partial charge in [-0.2, -0.15) is 0 Å². The van der Waals surface area contributed by atoms with Crippen molar-refractivity contribution < 1.29 is 94.3 Å². The lowest BCUT2D eigenvalue weighted by atomic mass is 10.4. The third-order valence-electron chi connectivity index (χ3n) is 23.2. The maximum Gasteiger partial charge on any atom is 0.528 e. The van der Waals surface area contributed by atoms with Crippen LogP contribution < -0.4 is 31.1 Å². The Bertz CT molecular complexity index is 4370. The standard InChI is InChI=1S/C25H38O3Si3.C21H38O5Si3.C20H36O3Si3.C17H30O6Si3.C17H30O4Si3/c1-7-26-29(4,5)20-22-31(24-16-12-10-13-17-24,25-18-14-11-15-19-25)23-21-30(6,27-8-2)28-9-3;1-8-23-28(7,24-9-2)19-17-27(6,21-15-13-12-14-16-21)18-20-29(22-5,25-10-3)26-11-4;1-8-21-24(4,5)16-17-25(6,20-14-12-11-13-15-20)18-19-26(7,22-9-2)23-10-3;1-19-25(16-18,20-2)14-12-24(6,17-10-8-7-9-11-17)13-15-26(21-3,22-4)23-5;1-19-23(5,16-18)14-12-22(4,17-10-8-7-9-11-17)13-15-24(6,20-2)21-3/h10-23H,7-9H2,1-6H3;12-20H,8-11H2,1-7H3;11-19H,8-10H2,1-7H3;7-15,18H,16H2,1-6H3;7-15,18H,16H2,1-6H3. The van der Waals surface area contributed by atoms with Crippen LogP contribution in [0.15, 0.2) is 296 Å².